The maximum Gasteiger partial charge on any atom is 0.230 e. The molecule has 0 spiro atoms. The first-order valence-corrected chi connectivity index (χ1v) is 8.44. The fraction of sp³-hybridized carbons (Fsp3) is 0.600. The molecule has 21 heavy (non-hydrogen) atoms. The molecule has 1 saturated heterocycles. The van der Waals surface area contributed by atoms with E-state index < -0.39 is 0 Å². The molecular formula is C15H21N3O2S. The number of nitrogens with two attached hydrogens (primary N) is 1. The Morgan fingerprint density at radius 2 is 2.24 bits per heavy atom. The predicted molar refractivity (Wildman–Crippen MR) is 82.8 cm³/mol. The zero-order valence-electron chi connectivity index (χ0n) is 12.0. The highest BCUT2D eigenvalue weighted by Crippen LogP contribution is 2.37. The van der Waals surface area contributed by atoms with Crippen molar-refractivity contribution < 1.29 is 10.0 Å². The first-order valence-electron chi connectivity index (χ1n) is 7.56. The Balaban J connectivity index is 1.84. The molecule has 2 unspecified atom stereocenters. The van der Waals surface area contributed by atoms with Crippen LogP contribution in [0.1, 0.15) is 48.5 Å². The quantitative estimate of drug-likeness (QED) is 0.381. The van der Waals surface area contributed by atoms with Gasteiger partial charge in [-0.05, 0) is 55.5 Å². The van der Waals surface area contributed by atoms with Crippen LogP contribution in [0.3, 0.4) is 0 Å². The second-order valence-electron chi connectivity index (χ2n) is 5.81. The lowest BCUT2D eigenvalue weighted by Crippen LogP contribution is -2.52. The second-order valence-corrected chi connectivity index (χ2v) is 6.81. The van der Waals surface area contributed by atoms with E-state index in [-0.39, 0.29) is 23.7 Å². The van der Waals surface area contributed by atoms with Crippen molar-refractivity contribution in [2.24, 2.45) is 10.9 Å². The highest BCUT2D eigenvalue weighted by Gasteiger charge is 2.36. The number of oxime groups is 1. The number of hydrogen-bond acceptors (Lipinski definition) is 4. The number of thiophene rings is 1. The molecule has 0 saturated carbocycles. The molecule has 0 radical (unpaired) electrons. The number of aryl methyl sites for hydroxylation is 1. The molecule has 114 valence electrons. The zero-order chi connectivity index (χ0) is 14.8. The van der Waals surface area contributed by atoms with Gasteiger partial charge in [-0.3, -0.25) is 4.79 Å². The van der Waals surface area contributed by atoms with Crippen LogP contribution in [0, 0.1) is 0 Å². The van der Waals surface area contributed by atoms with Crippen molar-refractivity contribution in [3.8, 4) is 0 Å². The van der Waals surface area contributed by atoms with Crippen molar-refractivity contribution in [1.29, 1.82) is 0 Å². The number of hydrogen-bond donors (Lipinski definition) is 2. The van der Waals surface area contributed by atoms with E-state index in [0.29, 0.717) is 6.54 Å². The third-order valence-corrected chi connectivity index (χ3v) is 5.59. The van der Waals surface area contributed by atoms with Crippen LogP contribution in [-0.2, 0) is 11.2 Å². The lowest BCUT2D eigenvalue weighted by atomic mass is 9.85. The third kappa shape index (κ3) is 2.64. The fourth-order valence-corrected chi connectivity index (χ4v) is 4.50. The van der Waals surface area contributed by atoms with Crippen molar-refractivity contribution in [1.82, 2.24) is 4.90 Å². The smallest absolute Gasteiger partial charge is 0.230 e. The summed E-state index contributed by atoms with van der Waals surface area (Å²) < 4.78 is 0. The van der Waals surface area contributed by atoms with Gasteiger partial charge in [-0.1, -0.05) is 5.16 Å². The summed E-state index contributed by atoms with van der Waals surface area (Å²) in [5.74, 6) is 0.252. The maximum absolute atomic E-state index is 13.0. The van der Waals surface area contributed by atoms with E-state index >= 15 is 0 Å². The number of nitrogens with zero attached hydrogens (tertiary/aromatic N) is 2. The summed E-state index contributed by atoms with van der Waals surface area (Å²) in [5, 5.41) is 14.2. The van der Waals surface area contributed by atoms with E-state index in [1.807, 2.05) is 4.90 Å². The van der Waals surface area contributed by atoms with Crippen LogP contribution in [0.5, 0.6) is 0 Å². The van der Waals surface area contributed by atoms with Crippen LogP contribution in [0.15, 0.2) is 16.6 Å². The van der Waals surface area contributed by atoms with Crippen LogP contribution in [0.2, 0.25) is 0 Å². The molecule has 2 aliphatic rings. The van der Waals surface area contributed by atoms with Gasteiger partial charge < -0.3 is 15.8 Å². The average Bonchev–Trinajstić information content (AvgIpc) is 3.02. The molecule has 0 aromatic carbocycles. The Morgan fingerprint density at radius 3 is 3.05 bits per heavy atom. The monoisotopic (exact) mass is 307 g/mol. The molecule has 1 aliphatic carbocycles. The standard InChI is InChI=1S/C15H21N3O2S/c16-14(17-20)12-5-1-2-8-18(12)15(19)11-4-3-6-13-10(11)7-9-21-13/h7,9,11-12,20H,1-6,8H2,(H2,16,17). The van der Waals surface area contributed by atoms with Crippen LogP contribution in [-0.4, -0.2) is 34.4 Å². The summed E-state index contributed by atoms with van der Waals surface area (Å²) in [5.41, 5.74) is 6.98. The van der Waals surface area contributed by atoms with Crippen LogP contribution in [0.4, 0.5) is 0 Å². The van der Waals surface area contributed by atoms with E-state index in [0.717, 1.165) is 38.5 Å². The second kappa shape index (κ2) is 6.05. The Labute approximate surface area is 128 Å². The summed E-state index contributed by atoms with van der Waals surface area (Å²) in [6.07, 6.45) is 5.84. The molecular weight excluding hydrogens is 286 g/mol. The number of rotatable bonds is 2. The van der Waals surface area contributed by atoms with E-state index in [1.54, 1.807) is 11.3 Å². The molecule has 2 heterocycles. The fourth-order valence-electron chi connectivity index (χ4n) is 3.51. The van der Waals surface area contributed by atoms with Crippen molar-refractivity contribution in [2.75, 3.05) is 6.54 Å². The molecule has 1 aliphatic heterocycles. The van der Waals surface area contributed by atoms with Gasteiger partial charge in [0.2, 0.25) is 5.91 Å². The topological polar surface area (TPSA) is 78.9 Å². The number of amides is 1. The van der Waals surface area contributed by atoms with Gasteiger partial charge in [-0.2, -0.15) is 0 Å². The van der Waals surface area contributed by atoms with Crippen molar-refractivity contribution >= 4 is 23.1 Å². The third-order valence-electron chi connectivity index (χ3n) is 4.59. The van der Waals surface area contributed by atoms with Crippen molar-refractivity contribution in [2.45, 2.75) is 50.5 Å². The van der Waals surface area contributed by atoms with Crippen LogP contribution < -0.4 is 5.73 Å². The Kier molecular flexibility index (Phi) is 4.14. The molecule has 1 amide bonds. The summed E-state index contributed by atoms with van der Waals surface area (Å²) in [6, 6.07) is 1.84. The van der Waals surface area contributed by atoms with Crippen molar-refractivity contribution in [3.63, 3.8) is 0 Å². The number of likely N-dealkylation sites (tertiary alicyclic amines) is 1. The van der Waals surface area contributed by atoms with Gasteiger partial charge in [0.05, 0.1) is 12.0 Å². The molecule has 1 fully saturated rings. The molecule has 1 aromatic heterocycles. The number of carbonyl (C=O) groups is 1. The van der Waals surface area contributed by atoms with Gasteiger partial charge in [-0.25, -0.2) is 0 Å². The Hall–Kier alpha value is -1.56. The minimum Gasteiger partial charge on any atom is -0.409 e. The number of fused-ring (bicyclic) bond motifs is 1. The zero-order valence-corrected chi connectivity index (χ0v) is 12.8. The van der Waals surface area contributed by atoms with Gasteiger partial charge in [-0.15, -0.1) is 11.3 Å². The normalized spacial score (nSPS) is 26.5. The van der Waals surface area contributed by atoms with Crippen LogP contribution in [0.25, 0.3) is 0 Å². The number of piperidine rings is 1. The first kappa shape index (κ1) is 14.4. The van der Waals surface area contributed by atoms with E-state index in [9.17, 15) is 4.79 Å². The summed E-state index contributed by atoms with van der Waals surface area (Å²) in [6.45, 7) is 0.704. The molecule has 2 atom stereocenters. The van der Waals surface area contributed by atoms with Gasteiger partial charge in [0.1, 0.15) is 0 Å². The van der Waals surface area contributed by atoms with Crippen LogP contribution >= 0.6 is 11.3 Å². The predicted octanol–water partition coefficient (Wildman–Crippen LogP) is 2.30. The van der Waals surface area contributed by atoms with Crippen molar-refractivity contribution in [3.05, 3.63) is 21.9 Å². The van der Waals surface area contributed by atoms with E-state index in [1.165, 1.54) is 10.4 Å². The lowest BCUT2D eigenvalue weighted by Gasteiger charge is -2.37. The van der Waals surface area contributed by atoms with E-state index in [2.05, 4.69) is 16.6 Å². The molecule has 1 aromatic rings. The summed E-state index contributed by atoms with van der Waals surface area (Å²) >= 11 is 1.75. The Bertz CT molecular complexity index is 555. The summed E-state index contributed by atoms with van der Waals surface area (Å²) in [4.78, 5) is 16.2. The van der Waals surface area contributed by atoms with E-state index in [4.69, 9.17) is 10.9 Å². The number of carbonyl (C=O) groups excluding carboxylic acids is 1. The average molecular weight is 307 g/mol. The minimum absolute atomic E-state index is 0.0490. The minimum atomic E-state index is -0.250. The van der Waals surface area contributed by atoms with Gasteiger partial charge in [0.25, 0.3) is 0 Å². The summed E-state index contributed by atoms with van der Waals surface area (Å²) in [7, 11) is 0. The molecule has 3 rings (SSSR count). The Morgan fingerprint density at radius 1 is 1.38 bits per heavy atom. The SMILES string of the molecule is N/C(=N/O)C1CCCCN1C(=O)C1CCCc2sccc21. The molecule has 6 heteroatoms. The first-order chi connectivity index (χ1) is 10.2. The van der Waals surface area contributed by atoms with Gasteiger partial charge >= 0.3 is 0 Å². The lowest BCUT2D eigenvalue weighted by molar-refractivity contribution is -0.135. The number of amidine groups is 1. The van der Waals surface area contributed by atoms with Gasteiger partial charge in [0.15, 0.2) is 5.84 Å². The molecule has 3 N–H and O–H groups in total. The highest BCUT2D eigenvalue weighted by molar-refractivity contribution is 7.10. The molecule has 0 bridgehead atoms. The maximum atomic E-state index is 13.0. The largest absolute Gasteiger partial charge is 0.409 e. The molecule has 5 nitrogen and oxygen atoms in total. The highest BCUT2D eigenvalue weighted by atomic mass is 32.1. The van der Waals surface area contributed by atoms with Gasteiger partial charge in [0, 0.05) is 11.4 Å².